The molecule has 19 heavy (non-hydrogen) atoms. The van der Waals surface area contributed by atoms with Crippen molar-refractivity contribution in [2.24, 2.45) is 0 Å². The molecule has 0 aliphatic heterocycles. The third-order valence-corrected chi connectivity index (χ3v) is 2.91. The van der Waals surface area contributed by atoms with Crippen molar-refractivity contribution in [2.75, 3.05) is 0 Å². The summed E-state index contributed by atoms with van der Waals surface area (Å²) in [5, 5.41) is 13.0. The fraction of sp³-hybridized carbons (Fsp3) is 0.125. The molecule has 0 spiro atoms. The maximum Gasteiger partial charge on any atom is 2.00 e. The largest absolute Gasteiger partial charge is 2.00 e. The van der Waals surface area contributed by atoms with Crippen LogP contribution in [-0.2, 0) is 5.60 Å². The minimum absolute atomic E-state index is 0. The number of hydrogen-bond donors (Lipinski definition) is 0. The monoisotopic (exact) mass is 282 g/mol. The van der Waals surface area contributed by atoms with E-state index in [1.165, 1.54) is 0 Å². The van der Waals surface area contributed by atoms with Crippen LogP contribution >= 0.6 is 0 Å². The van der Waals surface area contributed by atoms with Gasteiger partial charge < -0.3 is 17.5 Å². The van der Waals surface area contributed by atoms with Crippen LogP contribution in [0.2, 0.25) is 0 Å². The average molecular weight is 283 g/mol. The summed E-state index contributed by atoms with van der Waals surface area (Å²) in [4.78, 5) is 0. The standard InChI is InChI=1S/C16H15O.ClH.Mg/c1-2-13-16(17,14-9-5-3-6-10-14)15-11-7-4-8-12-15;;/h2-12H,1,13H2;1H;/q-1;;+2/p-1. The van der Waals surface area contributed by atoms with E-state index in [9.17, 15) is 5.11 Å². The molecule has 0 saturated heterocycles. The second-order valence-corrected chi connectivity index (χ2v) is 4.05. The third-order valence-electron chi connectivity index (χ3n) is 2.91. The molecule has 0 amide bonds. The minimum atomic E-state index is -1.23. The Morgan fingerprint density at radius 1 is 0.895 bits per heavy atom. The molecule has 3 heteroatoms. The molecule has 0 heterocycles. The van der Waals surface area contributed by atoms with Gasteiger partial charge in [0, 0.05) is 0 Å². The first-order valence-electron chi connectivity index (χ1n) is 5.70. The van der Waals surface area contributed by atoms with Gasteiger partial charge in [-0.05, 0) is 6.42 Å². The fourth-order valence-electron chi connectivity index (χ4n) is 2.02. The third kappa shape index (κ3) is 4.08. The molecular weight excluding hydrogens is 268 g/mol. The Hall–Kier alpha value is -0.804. The van der Waals surface area contributed by atoms with Crippen molar-refractivity contribution in [1.82, 2.24) is 0 Å². The molecule has 2 rings (SSSR count). The molecule has 0 atom stereocenters. The Bertz CT molecular complexity index is 445. The Kier molecular flexibility index (Phi) is 8.03. The van der Waals surface area contributed by atoms with Crippen LogP contribution < -0.4 is 17.5 Å². The average Bonchev–Trinajstić information content (AvgIpc) is 2.41. The summed E-state index contributed by atoms with van der Waals surface area (Å²) in [6, 6.07) is 18.9. The van der Waals surface area contributed by atoms with E-state index in [-0.39, 0.29) is 35.5 Å². The molecule has 94 valence electrons. The Morgan fingerprint density at radius 2 is 1.26 bits per heavy atom. The fourth-order valence-corrected chi connectivity index (χ4v) is 2.02. The quantitative estimate of drug-likeness (QED) is 0.547. The van der Waals surface area contributed by atoms with Gasteiger partial charge in [-0.1, -0.05) is 83.5 Å². The number of halogens is 1. The van der Waals surface area contributed by atoms with Crippen molar-refractivity contribution in [3.8, 4) is 0 Å². The maximum absolute atomic E-state index is 13.0. The van der Waals surface area contributed by atoms with Crippen molar-refractivity contribution in [1.29, 1.82) is 0 Å². The molecule has 0 bridgehead atoms. The summed E-state index contributed by atoms with van der Waals surface area (Å²) < 4.78 is 0. The summed E-state index contributed by atoms with van der Waals surface area (Å²) in [6.07, 6.45) is 2.08. The predicted molar refractivity (Wildman–Crippen MR) is 74.2 cm³/mol. The zero-order valence-corrected chi connectivity index (χ0v) is 12.9. The van der Waals surface area contributed by atoms with E-state index in [0.717, 1.165) is 11.1 Å². The molecule has 0 aliphatic rings. The SMILES string of the molecule is C=CCC([O-])(c1ccccc1)c1ccccc1.[Cl-].[Mg+2]. The number of rotatable bonds is 4. The van der Waals surface area contributed by atoms with Crippen LogP contribution in [0.5, 0.6) is 0 Å². The molecule has 0 aliphatic carbocycles. The van der Waals surface area contributed by atoms with Gasteiger partial charge in [-0.2, -0.15) is 0 Å². The van der Waals surface area contributed by atoms with Crippen LogP contribution in [0.1, 0.15) is 17.5 Å². The predicted octanol–water partition coefficient (Wildman–Crippen LogP) is -0.510. The van der Waals surface area contributed by atoms with E-state index in [1.54, 1.807) is 6.08 Å². The van der Waals surface area contributed by atoms with Crippen molar-refractivity contribution in [3.63, 3.8) is 0 Å². The topological polar surface area (TPSA) is 23.1 Å². The Morgan fingerprint density at radius 3 is 1.58 bits per heavy atom. The zero-order valence-electron chi connectivity index (χ0n) is 10.8. The molecule has 0 N–H and O–H groups in total. The van der Waals surface area contributed by atoms with Crippen LogP contribution in [0.3, 0.4) is 0 Å². The van der Waals surface area contributed by atoms with Gasteiger partial charge in [-0.3, -0.25) is 0 Å². The van der Waals surface area contributed by atoms with E-state index < -0.39 is 5.60 Å². The smallest absolute Gasteiger partial charge is 1.00 e. The molecule has 0 radical (unpaired) electrons. The second-order valence-electron chi connectivity index (χ2n) is 4.05. The molecule has 0 aromatic heterocycles. The first-order chi connectivity index (χ1) is 8.27. The zero-order chi connectivity index (χ0) is 12.1. The van der Waals surface area contributed by atoms with Gasteiger partial charge in [0.15, 0.2) is 0 Å². The van der Waals surface area contributed by atoms with E-state index >= 15 is 0 Å². The van der Waals surface area contributed by atoms with E-state index in [2.05, 4.69) is 6.58 Å². The van der Waals surface area contributed by atoms with Crippen LogP contribution in [0.4, 0.5) is 0 Å². The van der Waals surface area contributed by atoms with Crippen molar-refractivity contribution < 1.29 is 17.5 Å². The first-order valence-corrected chi connectivity index (χ1v) is 5.70. The summed E-state index contributed by atoms with van der Waals surface area (Å²) in [7, 11) is 0. The van der Waals surface area contributed by atoms with Crippen LogP contribution in [0.15, 0.2) is 73.3 Å². The normalized spacial score (nSPS) is 9.95. The van der Waals surface area contributed by atoms with Gasteiger partial charge in [0.2, 0.25) is 0 Å². The van der Waals surface area contributed by atoms with Crippen molar-refractivity contribution in [2.45, 2.75) is 12.0 Å². The minimum Gasteiger partial charge on any atom is -1.00 e. The van der Waals surface area contributed by atoms with Gasteiger partial charge in [0.05, 0.1) is 0 Å². The van der Waals surface area contributed by atoms with Crippen LogP contribution in [-0.4, -0.2) is 23.1 Å². The summed E-state index contributed by atoms with van der Waals surface area (Å²) in [5.41, 5.74) is 0.335. The van der Waals surface area contributed by atoms with Crippen LogP contribution in [0.25, 0.3) is 0 Å². The number of hydrogen-bond acceptors (Lipinski definition) is 1. The number of benzene rings is 2. The second kappa shape index (κ2) is 8.38. The Labute approximate surface area is 136 Å². The molecule has 1 nitrogen and oxygen atoms in total. The van der Waals surface area contributed by atoms with E-state index in [1.807, 2.05) is 60.7 Å². The van der Waals surface area contributed by atoms with Gasteiger partial charge >= 0.3 is 23.1 Å². The molecule has 0 unspecified atom stereocenters. The van der Waals surface area contributed by atoms with Gasteiger partial charge in [-0.25, -0.2) is 0 Å². The van der Waals surface area contributed by atoms with Crippen molar-refractivity contribution in [3.05, 3.63) is 84.4 Å². The van der Waals surface area contributed by atoms with Gasteiger partial charge in [0.25, 0.3) is 0 Å². The Balaban J connectivity index is 0.00000162. The molecule has 0 saturated carbocycles. The van der Waals surface area contributed by atoms with E-state index in [4.69, 9.17) is 0 Å². The first kappa shape index (κ1) is 18.2. The summed E-state index contributed by atoms with van der Waals surface area (Å²) >= 11 is 0. The van der Waals surface area contributed by atoms with E-state index in [0.29, 0.717) is 6.42 Å². The van der Waals surface area contributed by atoms with Gasteiger partial charge in [-0.15, -0.1) is 6.58 Å². The van der Waals surface area contributed by atoms with Crippen LogP contribution in [0, 0.1) is 0 Å². The molecule has 2 aromatic rings. The maximum atomic E-state index is 13.0. The van der Waals surface area contributed by atoms with Crippen molar-refractivity contribution >= 4 is 23.1 Å². The molecular formula is C16H15ClMgO. The molecule has 2 aromatic carbocycles. The summed E-state index contributed by atoms with van der Waals surface area (Å²) in [6.45, 7) is 3.70. The molecule has 0 fully saturated rings. The summed E-state index contributed by atoms with van der Waals surface area (Å²) in [5.74, 6) is 0. The van der Waals surface area contributed by atoms with Gasteiger partial charge in [0.1, 0.15) is 0 Å².